The highest BCUT2D eigenvalue weighted by Crippen LogP contribution is 2.26. The van der Waals surface area contributed by atoms with Gasteiger partial charge >= 0.3 is 0 Å². The molecule has 0 aliphatic carbocycles. The van der Waals surface area contributed by atoms with Gasteiger partial charge in [0.1, 0.15) is 0 Å². The lowest BCUT2D eigenvalue weighted by Gasteiger charge is -2.35. The van der Waals surface area contributed by atoms with Crippen molar-refractivity contribution in [2.45, 2.75) is 19.9 Å². The van der Waals surface area contributed by atoms with Gasteiger partial charge in [0.05, 0.1) is 12.2 Å². The zero-order valence-corrected chi connectivity index (χ0v) is 15.2. The van der Waals surface area contributed by atoms with Gasteiger partial charge in [0.25, 0.3) is 0 Å². The number of hydrogen-bond donors (Lipinski definition) is 1. The molecule has 1 N–H and O–H groups in total. The average Bonchev–Trinajstić information content (AvgIpc) is 2.58. The minimum absolute atomic E-state index is 0. The van der Waals surface area contributed by atoms with Crippen molar-refractivity contribution in [1.82, 2.24) is 10.2 Å². The van der Waals surface area contributed by atoms with Crippen LogP contribution in [0.2, 0.25) is 0 Å². The van der Waals surface area contributed by atoms with Crippen LogP contribution < -0.4 is 10.2 Å². The molecule has 0 unspecified atom stereocenters. The molecule has 2 aromatic rings. The molecular weight excluding hydrogens is 322 g/mol. The van der Waals surface area contributed by atoms with Gasteiger partial charge in [0.15, 0.2) is 0 Å². The molecule has 1 fully saturated rings. The highest BCUT2D eigenvalue weighted by molar-refractivity contribution is 6.04. The van der Waals surface area contributed by atoms with Gasteiger partial charge in [-0.2, -0.15) is 0 Å². The number of anilines is 1. The summed E-state index contributed by atoms with van der Waals surface area (Å²) >= 11 is 0. The van der Waals surface area contributed by atoms with E-state index in [0.717, 1.165) is 30.7 Å². The van der Waals surface area contributed by atoms with Gasteiger partial charge in [-0.25, -0.2) is 0 Å². The van der Waals surface area contributed by atoms with E-state index in [1.54, 1.807) is 0 Å². The maximum absolute atomic E-state index is 12.9. The van der Waals surface area contributed by atoms with E-state index < -0.39 is 0 Å². The minimum Gasteiger partial charge on any atom is -0.314 e. The van der Waals surface area contributed by atoms with Gasteiger partial charge < -0.3 is 10.2 Å². The van der Waals surface area contributed by atoms with Crippen molar-refractivity contribution in [1.29, 1.82) is 0 Å². The topological polar surface area (TPSA) is 35.6 Å². The van der Waals surface area contributed by atoms with Crippen LogP contribution in [0.25, 0.3) is 10.8 Å². The minimum atomic E-state index is 0. The van der Waals surface area contributed by atoms with E-state index in [9.17, 15) is 4.79 Å². The molecule has 2 aromatic carbocycles. The molecule has 1 heterocycles. The summed E-state index contributed by atoms with van der Waals surface area (Å²) in [5.41, 5.74) is 1.01. The molecule has 5 heteroatoms. The predicted molar refractivity (Wildman–Crippen MR) is 103 cm³/mol. The second-order valence-corrected chi connectivity index (χ2v) is 6.16. The van der Waals surface area contributed by atoms with Crippen LogP contribution in [0.15, 0.2) is 42.5 Å². The lowest BCUT2D eigenvalue weighted by Crippen LogP contribution is -2.53. The van der Waals surface area contributed by atoms with Gasteiger partial charge in [-0.05, 0) is 25.3 Å². The first kappa shape index (κ1) is 18.7. The number of halogens is 1. The van der Waals surface area contributed by atoms with Gasteiger partial charge in [-0.15, -0.1) is 12.4 Å². The fraction of sp³-hybridized carbons (Fsp3) is 0.421. The van der Waals surface area contributed by atoms with E-state index in [4.69, 9.17) is 0 Å². The SMILES string of the molecule is CCN(C(=O)CN1CCNC[C@@H]1C)c1cccc2ccccc12.Cl. The Morgan fingerprint density at radius 3 is 2.75 bits per heavy atom. The summed E-state index contributed by atoms with van der Waals surface area (Å²) in [4.78, 5) is 17.1. The summed E-state index contributed by atoms with van der Waals surface area (Å²) in [6.07, 6.45) is 0. The fourth-order valence-electron chi connectivity index (χ4n) is 3.30. The Kier molecular flexibility index (Phi) is 6.60. The van der Waals surface area contributed by atoms with E-state index in [1.165, 1.54) is 5.39 Å². The number of rotatable bonds is 4. The van der Waals surface area contributed by atoms with E-state index in [1.807, 2.05) is 36.1 Å². The average molecular weight is 348 g/mol. The molecule has 24 heavy (non-hydrogen) atoms. The first-order valence-corrected chi connectivity index (χ1v) is 8.43. The molecule has 130 valence electrons. The Hall–Kier alpha value is -1.62. The maximum Gasteiger partial charge on any atom is 0.241 e. The van der Waals surface area contributed by atoms with Crippen molar-refractivity contribution in [2.75, 3.05) is 37.6 Å². The van der Waals surface area contributed by atoms with E-state index in [0.29, 0.717) is 19.1 Å². The molecule has 0 spiro atoms. The summed E-state index contributed by atoms with van der Waals surface area (Å²) in [6, 6.07) is 14.8. The second kappa shape index (κ2) is 8.47. The van der Waals surface area contributed by atoms with Crippen LogP contribution in [-0.4, -0.2) is 49.6 Å². The van der Waals surface area contributed by atoms with Crippen molar-refractivity contribution < 1.29 is 4.79 Å². The fourth-order valence-corrected chi connectivity index (χ4v) is 3.30. The zero-order valence-electron chi connectivity index (χ0n) is 14.4. The molecule has 1 saturated heterocycles. The lowest BCUT2D eigenvalue weighted by atomic mass is 10.1. The Labute approximate surface area is 150 Å². The highest BCUT2D eigenvalue weighted by Gasteiger charge is 2.24. The van der Waals surface area contributed by atoms with Crippen LogP contribution in [0.4, 0.5) is 5.69 Å². The molecule has 0 radical (unpaired) electrons. The number of fused-ring (bicyclic) bond motifs is 1. The van der Waals surface area contributed by atoms with Crippen LogP contribution in [-0.2, 0) is 4.79 Å². The highest BCUT2D eigenvalue weighted by atomic mass is 35.5. The summed E-state index contributed by atoms with van der Waals surface area (Å²) < 4.78 is 0. The number of amides is 1. The summed E-state index contributed by atoms with van der Waals surface area (Å²) in [5.74, 6) is 0.178. The first-order valence-electron chi connectivity index (χ1n) is 8.43. The van der Waals surface area contributed by atoms with Crippen LogP contribution in [0.5, 0.6) is 0 Å². The number of nitrogens with one attached hydrogen (secondary N) is 1. The van der Waals surface area contributed by atoms with E-state index in [2.05, 4.69) is 35.3 Å². The number of carbonyl (C=O) groups is 1. The van der Waals surface area contributed by atoms with Crippen LogP contribution in [0.3, 0.4) is 0 Å². The monoisotopic (exact) mass is 347 g/mol. The zero-order chi connectivity index (χ0) is 16.2. The van der Waals surface area contributed by atoms with Crippen LogP contribution in [0.1, 0.15) is 13.8 Å². The normalized spacial score (nSPS) is 18.2. The van der Waals surface area contributed by atoms with Crippen LogP contribution >= 0.6 is 12.4 Å². The van der Waals surface area contributed by atoms with Crippen molar-refractivity contribution in [3.05, 3.63) is 42.5 Å². The summed E-state index contributed by atoms with van der Waals surface area (Å²) in [6.45, 7) is 8.23. The molecule has 1 aliphatic heterocycles. The van der Waals surface area contributed by atoms with Gasteiger partial charge in [-0.1, -0.05) is 36.4 Å². The molecule has 0 aromatic heterocycles. The third kappa shape index (κ3) is 3.89. The smallest absolute Gasteiger partial charge is 0.241 e. The largest absolute Gasteiger partial charge is 0.314 e. The standard InChI is InChI=1S/C19H25N3O.ClH/c1-3-22(19(23)14-21-12-11-20-13-15(21)2)18-10-6-8-16-7-4-5-9-17(16)18;/h4-10,15,20H,3,11-14H2,1-2H3;1H/t15-;/m0./s1. The lowest BCUT2D eigenvalue weighted by molar-refractivity contribution is -0.120. The number of likely N-dealkylation sites (N-methyl/N-ethyl adjacent to an activating group) is 1. The number of piperazine rings is 1. The van der Waals surface area contributed by atoms with Crippen molar-refractivity contribution in [3.63, 3.8) is 0 Å². The molecule has 4 nitrogen and oxygen atoms in total. The third-order valence-corrected chi connectivity index (χ3v) is 4.65. The Morgan fingerprint density at radius 2 is 2.00 bits per heavy atom. The predicted octanol–water partition coefficient (Wildman–Crippen LogP) is 2.91. The van der Waals surface area contributed by atoms with E-state index in [-0.39, 0.29) is 18.3 Å². The molecule has 0 bridgehead atoms. The third-order valence-electron chi connectivity index (χ3n) is 4.65. The van der Waals surface area contributed by atoms with Crippen LogP contribution in [0, 0.1) is 0 Å². The maximum atomic E-state index is 12.9. The molecule has 1 amide bonds. The molecule has 3 rings (SSSR count). The summed E-state index contributed by atoms with van der Waals surface area (Å²) in [7, 11) is 0. The van der Waals surface area contributed by atoms with Crippen molar-refractivity contribution in [3.8, 4) is 0 Å². The van der Waals surface area contributed by atoms with Crippen molar-refractivity contribution >= 4 is 34.8 Å². The first-order chi connectivity index (χ1) is 11.2. The molecule has 1 atom stereocenters. The van der Waals surface area contributed by atoms with Gasteiger partial charge in [0.2, 0.25) is 5.91 Å². The quantitative estimate of drug-likeness (QED) is 0.923. The summed E-state index contributed by atoms with van der Waals surface area (Å²) in [5, 5.41) is 5.68. The Balaban J connectivity index is 0.00000208. The van der Waals surface area contributed by atoms with Gasteiger partial charge in [0, 0.05) is 37.6 Å². The van der Waals surface area contributed by atoms with Crippen molar-refractivity contribution in [2.24, 2.45) is 0 Å². The Morgan fingerprint density at radius 1 is 1.25 bits per heavy atom. The number of nitrogens with zero attached hydrogens (tertiary/aromatic N) is 2. The Bertz CT molecular complexity index is 686. The number of carbonyl (C=O) groups excluding carboxylic acids is 1. The second-order valence-electron chi connectivity index (χ2n) is 6.16. The molecule has 1 aliphatic rings. The van der Waals surface area contributed by atoms with Gasteiger partial charge in [-0.3, -0.25) is 9.69 Å². The van der Waals surface area contributed by atoms with E-state index >= 15 is 0 Å². The molecule has 0 saturated carbocycles. The number of hydrogen-bond acceptors (Lipinski definition) is 3. The number of benzene rings is 2. The molecular formula is C19H26ClN3O.